The molecule has 7 nitrogen and oxygen atoms in total. The number of hydrogen-bond donors (Lipinski definition) is 1. The van der Waals surface area contributed by atoms with Crippen molar-refractivity contribution >= 4 is 39.6 Å². The number of nitrogens with zero attached hydrogens (tertiary/aromatic N) is 2. The van der Waals surface area contributed by atoms with Crippen LogP contribution in [0.15, 0.2) is 53.4 Å². The van der Waals surface area contributed by atoms with Crippen LogP contribution >= 0.6 is 11.6 Å². The van der Waals surface area contributed by atoms with Crippen molar-refractivity contribution in [2.24, 2.45) is 0 Å². The van der Waals surface area contributed by atoms with E-state index in [0.717, 1.165) is 6.41 Å². The number of carbonyl (C=O) groups excluding carboxylic acids is 2. The third-order valence-electron chi connectivity index (χ3n) is 4.28. The summed E-state index contributed by atoms with van der Waals surface area (Å²) in [5.41, 5.74) is 0.934. The first-order valence-electron chi connectivity index (χ1n) is 8.26. The Kier molecular flexibility index (Phi) is 5.79. The van der Waals surface area contributed by atoms with Crippen LogP contribution in [0.5, 0.6) is 0 Å². The lowest BCUT2D eigenvalue weighted by atomic mass is 10.2. The average molecular weight is 408 g/mol. The van der Waals surface area contributed by atoms with Crippen LogP contribution in [0, 0.1) is 0 Å². The van der Waals surface area contributed by atoms with Crippen molar-refractivity contribution < 1.29 is 18.0 Å². The van der Waals surface area contributed by atoms with Gasteiger partial charge < -0.3 is 10.2 Å². The Bertz CT molecular complexity index is 922. The molecule has 2 amide bonds. The molecule has 0 aromatic heterocycles. The van der Waals surface area contributed by atoms with Gasteiger partial charge in [-0.15, -0.1) is 0 Å². The molecule has 2 aromatic carbocycles. The van der Waals surface area contributed by atoms with Crippen molar-refractivity contribution in [1.82, 2.24) is 9.21 Å². The molecule has 2 aromatic rings. The van der Waals surface area contributed by atoms with E-state index in [9.17, 15) is 18.0 Å². The molecule has 9 heteroatoms. The highest BCUT2D eigenvalue weighted by molar-refractivity contribution is 7.89. The van der Waals surface area contributed by atoms with Gasteiger partial charge in [0, 0.05) is 42.5 Å². The lowest BCUT2D eigenvalue weighted by molar-refractivity contribution is -0.119. The van der Waals surface area contributed by atoms with E-state index in [0.29, 0.717) is 29.4 Å². The molecule has 142 valence electrons. The van der Waals surface area contributed by atoms with Crippen molar-refractivity contribution in [3.63, 3.8) is 0 Å². The Morgan fingerprint density at radius 2 is 1.56 bits per heavy atom. The molecule has 1 fully saturated rings. The number of benzene rings is 2. The van der Waals surface area contributed by atoms with Crippen LogP contribution in [0.3, 0.4) is 0 Å². The van der Waals surface area contributed by atoms with Crippen LogP contribution in [0.2, 0.25) is 5.02 Å². The Labute approximate surface area is 162 Å². The fourth-order valence-corrected chi connectivity index (χ4v) is 4.26. The summed E-state index contributed by atoms with van der Waals surface area (Å²) in [7, 11) is -3.66. The molecule has 1 saturated heterocycles. The van der Waals surface area contributed by atoms with Crippen molar-refractivity contribution in [2.45, 2.75) is 4.90 Å². The van der Waals surface area contributed by atoms with Gasteiger partial charge in [0.2, 0.25) is 16.4 Å². The maximum Gasteiger partial charge on any atom is 0.255 e. The maximum absolute atomic E-state index is 12.7. The summed E-state index contributed by atoms with van der Waals surface area (Å²) in [4.78, 5) is 24.7. The molecule has 0 aliphatic carbocycles. The molecule has 3 rings (SSSR count). The van der Waals surface area contributed by atoms with E-state index in [2.05, 4.69) is 5.32 Å². The van der Waals surface area contributed by atoms with Gasteiger partial charge in [-0.1, -0.05) is 11.6 Å². The second-order valence-electron chi connectivity index (χ2n) is 6.03. The topological polar surface area (TPSA) is 86.8 Å². The standard InChI is InChI=1S/C18H18ClN3O4S/c19-15-3-5-16(6-4-15)20-18(24)14-1-7-17(8-2-14)27(25,26)22-11-9-21(13-23)10-12-22/h1-8,13H,9-12H2,(H,20,24). The van der Waals surface area contributed by atoms with Crippen LogP contribution in [0.1, 0.15) is 10.4 Å². The number of hydrogen-bond acceptors (Lipinski definition) is 4. The Morgan fingerprint density at radius 1 is 0.963 bits per heavy atom. The Morgan fingerprint density at radius 3 is 2.11 bits per heavy atom. The SMILES string of the molecule is O=CN1CCN(S(=O)(=O)c2ccc(C(=O)Nc3ccc(Cl)cc3)cc2)CC1. The number of anilines is 1. The van der Waals surface area contributed by atoms with Crippen molar-refractivity contribution in [3.8, 4) is 0 Å². The molecule has 1 N–H and O–H groups in total. The van der Waals surface area contributed by atoms with E-state index in [-0.39, 0.29) is 23.9 Å². The van der Waals surface area contributed by atoms with E-state index < -0.39 is 10.0 Å². The Hall–Kier alpha value is -2.42. The molecule has 0 saturated carbocycles. The first-order valence-corrected chi connectivity index (χ1v) is 10.1. The summed E-state index contributed by atoms with van der Waals surface area (Å²) in [6.07, 6.45) is 0.720. The zero-order chi connectivity index (χ0) is 19.4. The molecular weight excluding hydrogens is 390 g/mol. The largest absolute Gasteiger partial charge is 0.343 e. The predicted molar refractivity (Wildman–Crippen MR) is 102 cm³/mol. The first kappa shape index (κ1) is 19.3. The van der Waals surface area contributed by atoms with E-state index in [1.807, 2.05) is 0 Å². The van der Waals surface area contributed by atoms with E-state index in [4.69, 9.17) is 11.6 Å². The van der Waals surface area contributed by atoms with Crippen molar-refractivity contribution in [1.29, 1.82) is 0 Å². The molecule has 1 aliphatic rings. The number of carbonyl (C=O) groups is 2. The third-order valence-corrected chi connectivity index (χ3v) is 6.44. The quantitative estimate of drug-likeness (QED) is 0.768. The lowest BCUT2D eigenvalue weighted by Crippen LogP contribution is -2.47. The molecule has 1 aliphatic heterocycles. The molecule has 1 heterocycles. The molecule has 0 spiro atoms. The summed E-state index contributed by atoms with van der Waals surface area (Å²) >= 11 is 5.81. The van der Waals surface area contributed by atoms with Crippen molar-refractivity contribution in [3.05, 3.63) is 59.1 Å². The van der Waals surface area contributed by atoms with Gasteiger partial charge in [0.15, 0.2) is 0 Å². The van der Waals surface area contributed by atoms with Gasteiger partial charge in [-0.05, 0) is 48.5 Å². The Balaban J connectivity index is 1.69. The molecule has 0 radical (unpaired) electrons. The zero-order valence-electron chi connectivity index (χ0n) is 14.3. The second-order valence-corrected chi connectivity index (χ2v) is 8.41. The summed E-state index contributed by atoms with van der Waals surface area (Å²) in [5, 5.41) is 3.29. The van der Waals surface area contributed by atoms with Crippen LogP contribution < -0.4 is 5.32 Å². The van der Waals surface area contributed by atoms with E-state index >= 15 is 0 Å². The fraction of sp³-hybridized carbons (Fsp3) is 0.222. The molecular formula is C18H18ClN3O4S. The minimum atomic E-state index is -3.66. The molecule has 0 unspecified atom stereocenters. The van der Waals surface area contributed by atoms with Gasteiger partial charge in [-0.25, -0.2) is 8.42 Å². The van der Waals surface area contributed by atoms with Gasteiger partial charge >= 0.3 is 0 Å². The van der Waals surface area contributed by atoms with Gasteiger partial charge in [0.05, 0.1) is 4.90 Å². The number of halogens is 1. The van der Waals surface area contributed by atoms with Crippen LogP contribution in [0.4, 0.5) is 5.69 Å². The highest BCUT2D eigenvalue weighted by Crippen LogP contribution is 2.19. The van der Waals surface area contributed by atoms with Crippen LogP contribution in [-0.2, 0) is 14.8 Å². The molecule has 0 bridgehead atoms. The van der Waals surface area contributed by atoms with E-state index in [1.165, 1.54) is 33.5 Å². The number of amides is 2. The lowest BCUT2D eigenvalue weighted by Gasteiger charge is -2.31. The average Bonchev–Trinajstić information content (AvgIpc) is 2.70. The predicted octanol–water partition coefficient (Wildman–Crippen LogP) is 2.05. The van der Waals surface area contributed by atoms with Gasteiger partial charge in [-0.3, -0.25) is 9.59 Å². The summed E-state index contributed by atoms with van der Waals surface area (Å²) < 4.78 is 26.7. The maximum atomic E-state index is 12.7. The van der Waals surface area contributed by atoms with E-state index in [1.54, 1.807) is 24.3 Å². The van der Waals surface area contributed by atoms with Crippen LogP contribution in [0.25, 0.3) is 0 Å². The summed E-state index contributed by atoms with van der Waals surface area (Å²) in [5.74, 6) is -0.346. The molecule has 0 atom stereocenters. The number of sulfonamides is 1. The first-order chi connectivity index (χ1) is 12.9. The third kappa shape index (κ3) is 4.47. The minimum Gasteiger partial charge on any atom is -0.343 e. The summed E-state index contributed by atoms with van der Waals surface area (Å²) in [6, 6.07) is 12.5. The van der Waals surface area contributed by atoms with Crippen LogP contribution in [-0.4, -0.2) is 56.1 Å². The second kappa shape index (κ2) is 8.08. The smallest absolute Gasteiger partial charge is 0.255 e. The zero-order valence-corrected chi connectivity index (χ0v) is 15.9. The normalized spacial score (nSPS) is 15.4. The summed E-state index contributed by atoms with van der Waals surface area (Å²) in [6.45, 7) is 1.23. The monoisotopic (exact) mass is 407 g/mol. The number of piperazine rings is 1. The van der Waals surface area contributed by atoms with Crippen molar-refractivity contribution in [2.75, 3.05) is 31.5 Å². The number of nitrogens with one attached hydrogen (secondary N) is 1. The molecule has 27 heavy (non-hydrogen) atoms. The van der Waals surface area contributed by atoms with Gasteiger partial charge in [0.25, 0.3) is 5.91 Å². The fourth-order valence-electron chi connectivity index (χ4n) is 2.71. The van der Waals surface area contributed by atoms with Gasteiger partial charge in [-0.2, -0.15) is 4.31 Å². The highest BCUT2D eigenvalue weighted by Gasteiger charge is 2.28. The van der Waals surface area contributed by atoms with Gasteiger partial charge in [0.1, 0.15) is 0 Å². The number of rotatable bonds is 5. The minimum absolute atomic E-state index is 0.116. The highest BCUT2D eigenvalue weighted by atomic mass is 35.5.